The Bertz CT molecular complexity index is 865. The quantitative estimate of drug-likeness (QED) is 0.775. The number of aliphatic hydroxyl groups is 1. The van der Waals surface area contributed by atoms with Gasteiger partial charge in [-0.25, -0.2) is 8.78 Å². The predicted octanol–water partition coefficient (Wildman–Crippen LogP) is 4.39. The number of aliphatic hydroxyl groups excluding tert-OH is 1. The lowest BCUT2D eigenvalue weighted by molar-refractivity contribution is 0.102. The van der Waals surface area contributed by atoms with E-state index in [9.17, 15) is 23.1 Å². The third kappa shape index (κ3) is 5.09. The summed E-state index contributed by atoms with van der Waals surface area (Å²) in [4.78, 5) is 14.8. The molecule has 0 radical (unpaired) electrons. The zero-order valence-corrected chi connectivity index (χ0v) is 16.4. The van der Waals surface area contributed by atoms with Crippen molar-refractivity contribution in [3.63, 3.8) is 0 Å². The number of carbonyl (C=O) groups excluding carboxylic acids is 1. The highest BCUT2D eigenvalue weighted by atomic mass is 19.2. The highest BCUT2D eigenvalue weighted by molar-refractivity contribution is 6.05. The molecule has 0 aromatic heterocycles. The first-order valence-corrected chi connectivity index (χ1v) is 9.78. The van der Waals surface area contributed by atoms with E-state index in [0.717, 1.165) is 23.7 Å². The fourth-order valence-electron chi connectivity index (χ4n) is 3.63. The average molecular weight is 406 g/mol. The largest absolute Gasteiger partial charge is 0.393 e. The fourth-order valence-corrected chi connectivity index (χ4v) is 3.63. The number of carbonyl (C=O) groups is 1. The van der Waals surface area contributed by atoms with Crippen LogP contribution in [0.15, 0.2) is 30.3 Å². The van der Waals surface area contributed by atoms with Crippen molar-refractivity contribution < 1.29 is 23.1 Å². The second-order valence-corrected chi connectivity index (χ2v) is 7.40. The summed E-state index contributed by atoms with van der Waals surface area (Å²) in [6.45, 7) is 2.24. The van der Waals surface area contributed by atoms with E-state index in [1.54, 1.807) is 18.2 Å². The lowest BCUT2D eigenvalue weighted by atomic mass is 10.0. The number of nitrogens with zero attached hydrogens (tertiary/aromatic N) is 1. The summed E-state index contributed by atoms with van der Waals surface area (Å²) in [5.41, 5.74) is 2.17. The standard InChI is InChI=1S/C22H25F3N2O2/c1-14-11-17(13-19(24)21(14)25)26-22(29)16-5-4-15(6-8-23)20(12-16)27-9-2-3-18(28)7-10-27/h4-5,11-13,18,28H,2-3,6-10H2,1H3,(H,26,29). The fraction of sp³-hybridized carbons (Fsp3) is 0.409. The molecule has 2 aromatic carbocycles. The van der Waals surface area contributed by atoms with Gasteiger partial charge in [0.15, 0.2) is 11.6 Å². The molecule has 156 valence electrons. The smallest absolute Gasteiger partial charge is 0.255 e. The van der Waals surface area contributed by atoms with Crippen LogP contribution < -0.4 is 10.2 Å². The number of anilines is 2. The van der Waals surface area contributed by atoms with E-state index in [1.807, 2.05) is 0 Å². The van der Waals surface area contributed by atoms with Gasteiger partial charge in [-0.1, -0.05) is 6.07 Å². The second kappa shape index (κ2) is 9.31. The number of alkyl halides is 1. The van der Waals surface area contributed by atoms with Crippen LogP contribution in [0.25, 0.3) is 0 Å². The molecule has 2 aromatic rings. The summed E-state index contributed by atoms with van der Waals surface area (Å²) in [7, 11) is 0. The minimum Gasteiger partial charge on any atom is -0.393 e. The number of rotatable bonds is 5. The first kappa shape index (κ1) is 21.2. The summed E-state index contributed by atoms with van der Waals surface area (Å²) >= 11 is 0. The molecule has 1 unspecified atom stereocenters. The lowest BCUT2D eigenvalue weighted by Gasteiger charge is -2.26. The molecular formula is C22H25F3N2O2. The normalized spacial score (nSPS) is 17.1. The maximum absolute atomic E-state index is 13.6. The molecule has 0 bridgehead atoms. The van der Waals surface area contributed by atoms with E-state index >= 15 is 0 Å². The third-order valence-corrected chi connectivity index (χ3v) is 5.22. The van der Waals surface area contributed by atoms with E-state index in [4.69, 9.17) is 0 Å². The SMILES string of the molecule is Cc1cc(NC(=O)c2ccc(CCF)c(N3CCCC(O)CC3)c2)cc(F)c1F. The van der Waals surface area contributed by atoms with E-state index in [1.165, 1.54) is 13.0 Å². The highest BCUT2D eigenvalue weighted by Crippen LogP contribution is 2.27. The van der Waals surface area contributed by atoms with Crippen molar-refractivity contribution in [2.75, 3.05) is 30.0 Å². The molecule has 1 heterocycles. The minimum atomic E-state index is -1.03. The Morgan fingerprint density at radius 1 is 1.21 bits per heavy atom. The molecule has 4 nitrogen and oxygen atoms in total. The topological polar surface area (TPSA) is 52.6 Å². The van der Waals surface area contributed by atoms with Crippen LogP contribution in [0.5, 0.6) is 0 Å². The van der Waals surface area contributed by atoms with Gasteiger partial charge in [-0.15, -0.1) is 0 Å². The van der Waals surface area contributed by atoms with E-state index in [2.05, 4.69) is 10.2 Å². The molecule has 1 atom stereocenters. The number of aryl methyl sites for hydroxylation is 2. The van der Waals surface area contributed by atoms with Crippen LogP contribution in [0.2, 0.25) is 0 Å². The number of halogens is 3. The van der Waals surface area contributed by atoms with Gasteiger partial charge in [-0.05, 0) is 55.5 Å². The summed E-state index contributed by atoms with van der Waals surface area (Å²) in [6, 6.07) is 7.33. The average Bonchev–Trinajstić information content (AvgIpc) is 2.91. The van der Waals surface area contributed by atoms with Crippen molar-refractivity contribution in [1.82, 2.24) is 0 Å². The molecule has 1 fully saturated rings. The van der Waals surface area contributed by atoms with E-state index in [0.29, 0.717) is 31.5 Å². The molecule has 1 saturated heterocycles. The van der Waals surface area contributed by atoms with E-state index < -0.39 is 24.2 Å². The van der Waals surface area contributed by atoms with Gasteiger partial charge in [-0.3, -0.25) is 9.18 Å². The van der Waals surface area contributed by atoms with Gasteiger partial charge < -0.3 is 15.3 Å². The van der Waals surface area contributed by atoms with Crippen LogP contribution in [-0.4, -0.2) is 36.9 Å². The van der Waals surface area contributed by atoms with Crippen LogP contribution >= 0.6 is 0 Å². The van der Waals surface area contributed by atoms with Crippen molar-refractivity contribution in [2.24, 2.45) is 0 Å². The van der Waals surface area contributed by atoms with Gasteiger partial charge in [0.2, 0.25) is 0 Å². The van der Waals surface area contributed by atoms with Crippen LogP contribution in [0.1, 0.15) is 40.7 Å². The molecule has 3 rings (SSSR count). The van der Waals surface area contributed by atoms with Crippen molar-refractivity contribution in [3.05, 3.63) is 58.7 Å². The predicted molar refractivity (Wildman–Crippen MR) is 107 cm³/mol. The monoisotopic (exact) mass is 406 g/mol. The third-order valence-electron chi connectivity index (χ3n) is 5.22. The van der Waals surface area contributed by atoms with Crippen LogP contribution in [0.3, 0.4) is 0 Å². The first-order valence-electron chi connectivity index (χ1n) is 9.78. The van der Waals surface area contributed by atoms with E-state index in [-0.39, 0.29) is 23.8 Å². The van der Waals surface area contributed by atoms with Gasteiger partial charge >= 0.3 is 0 Å². The Kier molecular flexibility index (Phi) is 6.79. The number of hydrogen-bond acceptors (Lipinski definition) is 3. The maximum Gasteiger partial charge on any atom is 0.255 e. The molecule has 1 aliphatic heterocycles. The Morgan fingerprint density at radius 3 is 2.72 bits per heavy atom. The number of hydrogen-bond donors (Lipinski definition) is 2. The first-order chi connectivity index (χ1) is 13.9. The molecule has 1 amide bonds. The molecule has 0 aliphatic carbocycles. The number of amides is 1. The lowest BCUT2D eigenvalue weighted by Crippen LogP contribution is -2.26. The summed E-state index contributed by atoms with van der Waals surface area (Å²) < 4.78 is 40.1. The van der Waals surface area contributed by atoms with Gasteiger partial charge in [0.05, 0.1) is 12.8 Å². The Labute approximate surface area is 168 Å². The van der Waals surface area contributed by atoms with Gasteiger partial charge in [0.1, 0.15) is 0 Å². The highest BCUT2D eigenvalue weighted by Gasteiger charge is 2.19. The molecule has 1 aliphatic rings. The van der Waals surface area contributed by atoms with Crippen LogP contribution in [-0.2, 0) is 6.42 Å². The number of benzene rings is 2. The van der Waals surface area contributed by atoms with Crippen LogP contribution in [0.4, 0.5) is 24.5 Å². The van der Waals surface area contributed by atoms with Gasteiger partial charge in [0.25, 0.3) is 5.91 Å². The molecule has 7 heteroatoms. The molecule has 0 spiro atoms. The Hall–Kier alpha value is -2.54. The maximum atomic E-state index is 13.6. The van der Waals surface area contributed by atoms with Gasteiger partial charge in [0, 0.05) is 42.5 Å². The molecule has 2 N–H and O–H groups in total. The minimum absolute atomic E-state index is 0.0995. The van der Waals surface area contributed by atoms with Crippen molar-refractivity contribution in [3.8, 4) is 0 Å². The zero-order chi connectivity index (χ0) is 21.0. The second-order valence-electron chi connectivity index (χ2n) is 7.40. The van der Waals surface area contributed by atoms with Crippen molar-refractivity contribution >= 4 is 17.3 Å². The zero-order valence-electron chi connectivity index (χ0n) is 16.4. The molecule has 0 saturated carbocycles. The van der Waals surface area contributed by atoms with Crippen molar-refractivity contribution in [1.29, 1.82) is 0 Å². The Morgan fingerprint density at radius 2 is 2.00 bits per heavy atom. The summed E-state index contributed by atoms with van der Waals surface area (Å²) in [5.74, 6) is -2.43. The van der Waals surface area contributed by atoms with Crippen molar-refractivity contribution in [2.45, 2.75) is 38.7 Å². The van der Waals surface area contributed by atoms with Gasteiger partial charge in [-0.2, -0.15) is 0 Å². The summed E-state index contributed by atoms with van der Waals surface area (Å²) in [5, 5.41) is 12.5. The molecule has 29 heavy (non-hydrogen) atoms. The molecular weight excluding hydrogens is 381 g/mol. The summed E-state index contributed by atoms with van der Waals surface area (Å²) in [6.07, 6.45) is 2.01. The Balaban J connectivity index is 1.86. The number of nitrogens with one attached hydrogen (secondary N) is 1. The van der Waals surface area contributed by atoms with Crippen LogP contribution in [0, 0.1) is 18.6 Å².